The van der Waals surface area contributed by atoms with Crippen LogP contribution in [0.15, 0.2) is 30.3 Å². The maximum absolute atomic E-state index is 10.9. The molecule has 0 bridgehead atoms. The number of likely N-dealkylation sites (N-methyl/N-ethyl adjacent to an activating group) is 1. The smallest absolute Gasteiger partial charge is 0.270 e. The molecule has 0 aliphatic carbocycles. The molecule has 24 heavy (non-hydrogen) atoms. The molecule has 1 heterocycles. The second-order valence-corrected chi connectivity index (χ2v) is 5.49. The maximum Gasteiger partial charge on any atom is 0.270 e. The number of aromatic nitrogens is 2. The maximum atomic E-state index is 10.9. The molecule has 1 N–H and O–H groups in total. The van der Waals surface area contributed by atoms with Gasteiger partial charge in [0.25, 0.3) is 5.69 Å². The van der Waals surface area contributed by atoms with Gasteiger partial charge in [-0.3, -0.25) is 10.1 Å². The molecule has 128 valence electrons. The summed E-state index contributed by atoms with van der Waals surface area (Å²) in [4.78, 5) is 21.1. The predicted octanol–water partition coefficient (Wildman–Crippen LogP) is 1.80. The lowest BCUT2D eigenvalue weighted by molar-refractivity contribution is -0.384. The van der Waals surface area contributed by atoms with Gasteiger partial charge in [0, 0.05) is 50.2 Å². The van der Waals surface area contributed by atoms with E-state index in [1.54, 1.807) is 30.1 Å². The van der Waals surface area contributed by atoms with E-state index in [0.717, 1.165) is 5.69 Å². The largest absolute Gasteiger partial charge is 0.389 e. The van der Waals surface area contributed by atoms with Crippen LogP contribution in [0.1, 0.15) is 5.69 Å². The van der Waals surface area contributed by atoms with Crippen molar-refractivity contribution < 1.29 is 14.8 Å². The van der Waals surface area contributed by atoms with Gasteiger partial charge >= 0.3 is 0 Å². The van der Waals surface area contributed by atoms with Gasteiger partial charge in [-0.15, -0.1) is 0 Å². The van der Waals surface area contributed by atoms with Gasteiger partial charge < -0.3 is 14.7 Å². The number of anilines is 1. The van der Waals surface area contributed by atoms with E-state index in [-0.39, 0.29) is 12.3 Å². The number of nitrogens with zero attached hydrogens (tertiary/aromatic N) is 4. The summed E-state index contributed by atoms with van der Waals surface area (Å²) in [7, 11) is 3.33. The number of benzene rings is 1. The van der Waals surface area contributed by atoms with E-state index in [1.807, 2.05) is 6.92 Å². The molecular weight excluding hydrogens is 312 g/mol. The van der Waals surface area contributed by atoms with Crippen LogP contribution >= 0.6 is 0 Å². The van der Waals surface area contributed by atoms with E-state index in [2.05, 4.69) is 9.97 Å². The molecule has 0 amide bonds. The standard InChI is InChI=1S/C16H20N4O4/c1-11-7-15(19(2)9-14(21)10-24-3)18-16(17-11)12-5-4-6-13(8-12)20(22)23/h4-8,14,21H,9-10H2,1-3H3/t14-/m1/s1. The van der Waals surface area contributed by atoms with Crippen molar-refractivity contribution in [3.05, 3.63) is 46.1 Å². The number of hydrogen-bond acceptors (Lipinski definition) is 7. The van der Waals surface area contributed by atoms with Gasteiger partial charge in [0.2, 0.25) is 0 Å². The summed E-state index contributed by atoms with van der Waals surface area (Å²) in [6.07, 6.45) is -0.642. The zero-order chi connectivity index (χ0) is 17.7. The highest BCUT2D eigenvalue weighted by Crippen LogP contribution is 2.23. The summed E-state index contributed by atoms with van der Waals surface area (Å²) < 4.78 is 4.92. The van der Waals surface area contributed by atoms with E-state index in [1.165, 1.54) is 19.2 Å². The number of rotatable bonds is 7. The number of non-ortho nitro benzene ring substituents is 1. The van der Waals surface area contributed by atoms with Crippen molar-refractivity contribution in [2.24, 2.45) is 0 Å². The first kappa shape index (κ1) is 17.8. The van der Waals surface area contributed by atoms with Crippen LogP contribution in [0.3, 0.4) is 0 Å². The Morgan fingerprint density at radius 2 is 2.12 bits per heavy atom. The Hall–Kier alpha value is -2.58. The van der Waals surface area contributed by atoms with E-state index in [4.69, 9.17) is 4.74 Å². The zero-order valence-corrected chi connectivity index (χ0v) is 13.8. The normalized spacial score (nSPS) is 12.0. The van der Waals surface area contributed by atoms with Crippen LogP contribution in [0.4, 0.5) is 11.5 Å². The molecular formula is C16H20N4O4. The van der Waals surface area contributed by atoms with Crippen LogP contribution in [-0.2, 0) is 4.74 Å². The number of aryl methyl sites for hydroxylation is 1. The fraction of sp³-hybridized carbons (Fsp3) is 0.375. The number of nitro groups is 1. The number of nitro benzene ring substituents is 1. The Morgan fingerprint density at radius 3 is 2.79 bits per heavy atom. The van der Waals surface area contributed by atoms with Crippen LogP contribution in [0.25, 0.3) is 11.4 Å². The summed E-state index contributed by atoms with van der Waals surface area (Å²) in [5.74, 6) is 1.03. The van der Waals surface area contributed by atoms with Crippen molar-refractivity contribution in [1.82, 2.24) is 9.97 Å². The van der Waals surface area contributed by atoms with Gasteiger partial charge in [-0.05, 0) is 6.92 Å². The lowest BCUT2D eigenvalue weighted by Crippen LogP contribution is -2.32. The van der Waals surface area contributed by atoms with Gasteiger partial charge in [-0.25, -0.2) is 9.97 Å². The molecule has 0 aliphatic rings. The van der Waals surface area contributed by atoms with Crippen molar-refractivity contribution in [3.63, 3.8) is 0 Å². The number of aliphatic hydroxyl groups is 1. The van der Waals surface area contributed by atoms with Crippen molar-refractivity contribution in [1.29, 1.82) is 0 Å². The third-order valence-corrected chi connectivity index (χ3v) is 3.39. The first-order valence-corrected chi connectivity index (χ1v) is 7.39. The highest BCUT2D eigenvalue weighted by atomic mass is 16.6. The fourth-order valence-electron chi connectivity index (χ4n) is 2.29. The topological polar surface area (TPSA) is 102 Å². The van der Waals surface area contributed by atoms with E-state index in [0.29, 0.717) is 23.8 Å². The van der Waals surface area contributed by atoms with Gasteiger partial charge in [0.1, 0.15) is 5.82 Å². The monoisotopic (exact) mass is 332 g/mol. The van der Waals surface area contributed by atoms with Crippen LogP contribution in [0.5, 0.6) is 0 Å². The van der Waals surface area contributed by atoms with Crippen LogP contribution in [-0.4, -0.2) is 53.4 Å². The fourth-order valence-corrected chi connectivity index (χ4v) is 2.29. The van der Waals surface area contributed by atoms with Crippen molar-refractivity contribution in [2.45, 2.75) is 13.0 Å². The molecule has 8 nitrogen and oxygen atoms in total. The van der Waals surface area contributed by atoms with Gasteiger partial charge in [0.05, 0.1) is 17.6 Å². The van der Waals surface area contributed by atoms with Gasteiger partial charge in [-0.1, -0.05) is 12.1 Å². The minimum absolute atomic E-state index is 0.0111. The summed E-state index contributed by atoms with van der Waals surface area (Å²) in [6, 6.07) is 7.99. The summed E-state index contributed by atoms with van der Waals surface area (Å²) >= 11 is 0. The minimum Gasteiger partial charge on any atom is -0.389 e. The van der Waals surface area contributed by atoms with Crippen LogP contribution < -0.4 is 4.90 Å². The Bertz CT molecular complexity index is 723. The summed E-state index contributed by atoms with van der Waals surface area (Å²) in [6.45, 7) is 2.40. The zero-order valence-electron chi connectivity index (χ0n) is 13.8. The average molecular weight is 332 g/mol. The molecule has 1 aromatic heterocycles. The average Bonchev–Trinajstić information content (AvgIpc) is 2.54. The minimum atomic E-state index is -0.642. The second-order valence-electron chi connectivity index (χ2n) is 5.49. The molecule has 0 saturated heterocycles. The van der Waals surface area contributed by atoms with Crippen molar-refractivity contribution in [2.75, 3.05) is 32.2 Å². The van der Waals surface area contributed by atoms with Crippen LogP contribution in [0, 0.1) is 17.0 Å². The predicted molar refractivity (Wildman–Crippen MR) is 90.0 cm³/mol. The van der Waals surface area contributed by atoms with E-state index < -0.39 is 11.0 Å². The number of methoxy groups -OCH3 is 1. The molecule has 2 aromatic rings. The molecule has 0 aliphatic heterocycles. The molecule has 1 atom stereocenters. The molecule has 0 radical (unpaired) electrons. The molecule has 0 unspecified atom stereocenters. The first-order chi connectivity index (χ1) is 11.4. The quantitative estimate of drug-likeness (QED) is 0.609. The highest BCUT2D eigenvalue weighted by molar-refractivity contribution is 5.61. The van der Waals surface area contributed by atoms with Crippen molar-refractivity contribution in [3.8, 4) is 11.4 Å². The molecule has 0 spiro atoms. The van der Waals surface area contributed by atoms with E-state index >= 15 is 0 Å². The number of aliphatic hydroxyl groups excluding tert-OH is 1. The molecule has 2 rings (SSSR count). The van der Waals surface area contributed by atoms with E-state index in [9.17, 15) is 15.2 Å². The Kier molecular flexibility index (Phi) is 5.78. The van der Waals surface area contributed by atoms with Gasteiger partial charge in [-0.2, -0.15) is 0 Å². The third kappa shape index (κ3) is 4.46. The van der Waals surface area contributed by atoms with Crippen molar-refractivity contribution >= 4 is 11.5 Å². The molecule has 1 aromatic carbocycles. The lowest BCUT2D eigenvalue weighted by Gasteiger charge is -2.22. The Morgan fingerprint density at radius 1 is 1.38 bits per heavy atom. The Balaban J connectivity index is 2.31. The van der Waals surface area contributed by atoms with Crippen LogP contribution in [0.2, 0.25) is 0 Å². The summed E-state index contributed by atoms with van der Waals surface area (Å²) in [5, 5.41) is 20.8. The highest BCUT2D eigenvalue weighted by Gasteiger charge is 2.14. The SMILES string of the molecule is COC[C@H](O)CN(C)c1cc(C)nc(-c2cccc([N+](=O)[O-])c2)n1. The molecule has 8 heteroatoms. The lowest BCUT2D eigenvalue weighted by atomic mass is 10.2. The van der Waals surface area contributed by atoms with Gasteiger partial charge in [0.15, 0.2) is 5.82 Å². The second kappa shape index (κ2) is 7.80. The summed E-state index contributed by atoms with van der Waals surface area (Å²) in [5.41, 5.74) is 1.29. The molecule has 0 saturated carbocycles. The molecule has 0 fully saturated rings. The first-order valence-electron chi connectivity index (χ1n) is 7.39. The Labute approximate surface area is 139 Å². The number of hydrogen-bond donors (Lipinski definition) is 1. The third-order valence-electron chi connectivity index (χ3n) is 3.39. The number of ether oxygens (including phenoxy) is 1.